The highest BCUT2D eigenvalue weighted by Gasteiger charge is 2.31. The molecule has 1 aliphatic rings. The molecule has 5 nitrogen and oxygen atoms in total. The van der Waals surface area contributed by atoms with Crippen molar-refractivity contribution in [3.05, 3.63) is 0 Å². The molecule has 0 saturated carbocycles. The second kappa shape index (κ2) is 5.25. The number of hydrogen-bond acceptors (Lipinski definition) is 4. The summed E-state index contributed by atoms with van der Waals surface area (Å²) in [5.41, 5.74) is 0. The fourth-order valence-electron chi connectivity index (χ4n) is 1.65. The largest absolute Gasteiger partial charge is 0.395 e. The van der Waals surface area contributed by atoms with Gasteiger partial charge >= 0.3 is 0 Å². The first-order valence-electron chi connectivity index (χ1n) is 5.19. The molecule has 1 heterocycles. The Morgan fingerprint density at radius 1 is 1.60 bits per heavy atom. The number of ether oxygens (including phenoxy) is 1. The molecular formula is C9H19NO4S. The highest BCUT2D eigenvalue weighted by Crippen LogP contribution is 2.19. The number of nitrogens with one attached hydrogen (secondary N) is 1. The summed E-state index contributed by atoms with van der Waals surface area (Å²) in [6, 6.07) is -0.423. The normalized spacial score (nSPS) is 30.1. The first-order chi connectivity index (χ1) is 6.95. The van der Waals surface area contributed by atoms with Crippen LogP contribution in [-0.2, 0) is 14.8 Å². The Morgan fingerprint density at radius 3 is 2.80 bits per heavy atom. The van der Waals surface area contributed by atoms with Gasteiger partial charge in [-0.2, -0.15) is 0 Å². The maximum atomic E-state index is 11.8. The summed E-state index contributed by atoms with van der Waals surface area (Å²) < 4.78 is 31.4. The third kappa shape index (κ3) is 3.71. The monoisotopic (exact) mass is 237 g/mol. The van der Waals surface area contributed by atoms with E-state index in [9.17, 15) is 8.42 Å². The maximum absolute atomic E-state index is 11.8. The van der Waals surface area contributed by atoms with Crippen molar-refractivity contribution in [2.45, 2.75) is 44.1 Å². The van der Waals surface area contributed by atoms with Gasteiger partial charge in [0.15, 0.2) is 0 Å². The molecule has 3 atom stereocenters. The predicted molar refractivity (Wildman–Crippen MR) is 57.0 cm³/mol. The minimum Gasteiger partial charge on any atom is -0.395 e. The highest BCUT2D eigenvalue weighted by atomic mass is 32.2. The molecule has 0 amide bonds. The molecule has 0 radical (unpaired) electrons. The molecule has 0 spiro atoms. The average Bonchev–Trinajstić information content (AvgIpc) is 2.17. The minimum atomic E-state index is -3.32. The smallest absolute Gasteiger partial charge is 0.214 e. The zero-order valence-corrected chi connectivity index (χ0v) is 9.96. The van der Waals surface area contributed by atoms with Crippen LogP contribution in [0.2, 0.25) is 0 Å². The van der Waals surface area contributed by atoms with Crippen molar-refractivity contribution >= 4 is 10.0 Å². The lowest BCUT2D eigenvalue weighted by molar-refractivity contribution is 0.0299. The molecule has 0 bridgehead atoms. The van der Waals surface area contributed by atoms with Gasteiger partial charge < -0.3 is 9.84 Å². The van der Waals surface area contributed by atoms with Crippen molar-refractivity contribution in [2.75, 3.05) is 13.2 Å². The van der Waals surface area contributed by atoms with Crippen LogP contribution in [0.5, 0.6) is 0 Å². The van der Waals surface area contributed by atoms with Crippen molar-refractivity contribution in [3.8, 4) is 0 Å². The van der Waals surface area contributed by atoms with Gasteiger partial charge in [0.05, 0.1) is 18.0 Å². The number of aliphatic hydroxyl groups excluding tert-OH is 1. The van der Waals surface area contributed by atoms with Crippen LogP contribution < -0.4 is 4.72 Å². The van der Waals surface area contributed by atoms with Gasteiger partial charge in [-0.05, 0) is 26.7 Å². The third-order valence-corrected chi connectivity index (χ3v) is 4.55. The predicted octanol–water partition coefficient (Wildman–Crippen LogP) is -0.146. The first-order valence-corrected chi connectivity index (χ1v) is 6.74. The van der Waals surface area contributed by atoms with Gasteiger partial charge in [-0.1, -0.05) is 0 Å². The van der Waals surface area contributed by atoms with Gasteiger partial charge in [-0.15, -0.1) is 0 Å². The molecule has 0 aromatic carbocycles. The molecular weight excluding hydrogens is 218 g/mol. The molecule has 15 heavy (non-hydrogen) atoms. The van der Waals surface area contributed by atoms with Crippen LogP contribution in [-0.4, -0.2) is 44.1 Å². The van der Waals surface area contributed by atoms with E-state index in [1.165, 1.54) is 0 Å². The molecule has 0 aromatic heterocycles. The van der Waals surface area contributed by atoms with Crippen LogP contribution >= 0.6 is 0 Å². The van der Waals surface area contributed by atoms with Gasteiger partial charge in [0.2, 0.25) is 10.0 Å². The highest BCUT2D eigenvalue weighted by molar-refractivity contribution is 7.90. The lowest BCUT2D eigenvalue weighted by Gasteiger charge is -2.28. The van der Waals surface area contributed by atoms with E-state index in [0.717, 1.165) is 0 Å². The van der Waals surface area contributed by atoms with E-state index in [-0.39, 0.29) is 12.7 Å². The Bertz CT molecular complexity index is 290. The van der Waals surface area contributed by atoms with Crippen LogP contribution in [0.1, 0.15) is 26.7 Å². The molecule has 0 aromatic rings. The van der Waals surface area contributed by atoms with Crippen LogP contribution in [0.3, 0.4) is 0 Å². The van der Waals surface area contributed by atoms with Crippen molar-refractivity contribution in [2.24, 2.45) is 0 Å². The van der Waals surface area contributed by atoms with Crippen molar-refractivity contribution in [3.63, 3.8) is 0 Å². The molecule has 1 fully saturated rings. The number of sulfonamides is 1. The van der Waals surface area contributed by atoms with E-state index in [1.54, 1.807) is 6.92 Å². The first kappa shape index (κ1) is 12.9. The molecule has 90 valence electrons. The van der Waals surface area contributed by atoms with Crippen molar-refractivity contribution in [1.82, 2.24) is 4.72 Å². The molecule has 1 saturated heterocycles. The second-order valence-corrected chi connectivity index (χ2v) is 6.07. The molecule has 6 heteroatoms. The summed E-state index contributed by atoms with van der Waals surface area (Å²) >= 11 is 0. The van der Waals surface area contributed by atoms with Crippen LogP contribution in [0.4, 0.5) is 0 Å². The van der Waals surface area contributed by atoms with Crippen LogP contribution in [0.25, 0.3) is 0 Å². The molecule has 2 N–H and O–H groups in total. The van der Waals surface area contributed by atoms with E-state index in [0.29, 0.717) is 19.4 Å². The molecule has 0 aliphatic carbocycles. The lowest BCUT2D eigenvalue weighted by atomic mass is 10.1. The summed E-state index contributed by atoms with van der Waals surface area (Å²) in [6.45, 7) is 3.82. The van der Waals surface area contributed by atoms with Crippen LogP contribution in [0, 0.1) is 0 Å². The van der Waals surface area contributed by atoms with E-state index >= 15 is 0 Å². The topological polar surface area (TPSA) is 75.6 Å². The lowest BCUT2D eigenvalue weighted by Crippen LogP contribution is -2.44. The van der Waals surface area contributed by atoms with Crippen molar-refractivity contribution < 1.29 is 18.3 Å². The number of aliphatic hydroxyl groups is 1. The van der Waals surface area contributed by atoms with Gasteiger partial charge in [-0.3, -0.25) is 0 Å². The van der Waals surface area contributed by atoms with Crippen LogP contribution in [0.15, 0.2) is 0 Å². The number of rotatable bonds is 4. The third-order valence-electron chi connectivity index (χ3n) is 2.52. The summed E-state index contributed by atoms with van der Waals surface area (Å²) in [5.74, 6) is 0. The molecule has 2 unspecified atom stereocenters. The number of hydrogen-bond donors (Lipinski definition) is 2. The van der Waals surface area contributed by atoms with E-state index in [4.69, 9.17) is 9.84 Å². The average molecular weight is 237 g/mol. The Balaban J connectivity index is 2.60. The molecule has 1 rings (SSSR count). The van der Waals surface area contributed by atoms with Crippen molar-refractivity contribution in [1.29, 1.82) is 0 Å². The summed E-state index contributed by atoms with van der Waals surface area (Å²) in [5, 5.41) is 8.40. The summed E-state index contributed by atoms with van der Waals surface area (Å²) in [7, 11) is -3.32. The SMILES string of the molecule is CC1CC(S(=O)(=O)N[C@@H](C)CO)CCO1. The minimum absolute atomic E-state index is 0.00948. The Labute approximate surface area is 90.9 Å². The zero-order chi connectivity index (χ0) is 11.5. The Morgan fingerprint density at radius 2 is 2.27 bits per heavy atom. The van der Waals surface area contributed by atoms with Gasteiger partial charge in [0, 0.05) is 12.6 Å². The fourth-order valence-corrected chi connectivity index (χ4v) is 3.41. The van der Waals surface area contributed by atoms with E-state index in [2.05, 4.69) is 4.72 Å². The Kier molecular flexibility index (Phi) is 4.51. The fraction of sp³-hybridized carbons (Fsp3) is 1.00. The standard InChI is InChI=1S/C9H19NO4S/c1-7(6-11)10-15(12,13)9-3-4-14-8(2)5-9/h7-11H,3-6H2,1-2H3/t7-,8?,9?/m0/s1. The second-order valence-electron chi connectivity index (χ2n) is 4.07. The Hall–Kier alpha value is -0.170. The van der Waals surface area contributed by atoms with E-state index < -0.39 is 21.3 Å². The summed E-state index contributed by atoms with van der Waals surface area (Å²) in [6.07, 6.45) is 1.04. The zero-order valence-electron chi connectivity index (χ0n) is 9.14. The van der Waals surface area contributed by atoms with Gasteiger partial charge in [0.1, 0.15) is 0 Å². The van der Waals surface area contributed by atoms with Gasteiger partial charge in [0.25, 0.3) is 0 Å². The van der Waals surface area contributed by atoms with Gasteiger partial charge in [-0.25, -0.2) is 13.1 Å². The maximum Gasteiger partial charge on any atom is 0.214 e. The summed E-state index contributed by atoms with van der Waals surface area (Å²) in [4.78, 5) is 0. The van der Waals surface area contributed by atoms with E-state index in [1.807, 2.05) is 6.92 Å². The quantitative estimate of drug-likeness (QED) is 0.713. The molecule has 1 aliphatic heterocycles.